The van der Waals surface area contributed by atoms with Crippen LogP contribution in [0.3, 0.4) is 0 Å². The summed E-state index contributed by atoms with van der Waals surface area (Å²) in [6.45, 7) is 2.01. The van der Waals surface area contributed by atoms with Gasteiger partial charge in [-0.1, -0.05) is 0 Å². The summed E-state index contributed by atoms with van der Waals surface area (Å²) in [4.78, 5) is 11.6. The predicted molar refractivity (Wildman–Crippen MR) is 50.4 cm³/mol. The highest BCUT2D eigenvalue weighted by Gasteiger charge is 2.36. The number of epoxide rings is 1. The number of hydrogen-bond acceptors (Lipinski definition) is 4. The second kappa shape index (κ2) is 5.79. The summed E-state index contributed by atoms with van der Waals surface area (Å²) in [6, 6.07) is 0.422. The minimum absolute atomic E-state index is 0.286. The quantitative estimate of drug-likeness (QED) is 0.339. The summed E-state index contributed by atoms with van der Waals surface area (Å²) in [6.07, 6.45) is 0.971. The van der Waals surface area contributed by atoms with Crippen molar-refractivity contribution >= 4 is 8.80 Å². The Kier molecular flexibility index (Phi) is 5.00. The van der Waals surface area contributed by atoms with Crippen LogP contribution in [0.4, 0.5) is 0 Å². The molecule has 1 rings (SSSR count). The molecule has 1 radical (unpaired) electrons. The molecule has 1 aliphatic heterocycles. The average Bonchev–Trinajstić information content (AvgIpc) is 3.01. The highest BCUT2D eigenvalue weighted by Crippen LogP contribution is 2.12. The van der Waals surface area contributed by atoms with Crippen LogP contribution in [0.2, 0.25) is 6.04 Å². The summed E-state index contributed by atoms with van der Waals surface area (Å²) in [7, 11) is -0.311. The molecule has 0 aromatic rings. The Balaban J connectivity index is 1.95. The molecule has 0 N–H and O–H groups in total. The SMILES string of the molecule is CO[Si]([O])(CCCOCC1CO1)OC. The van der Waals surface area contributed by atoms with Gasteiger partial charge in [-0.25, -0.2) is 4.80 Å². The molecule has 1 fully saturated rings. The van der Waals surface area contributed by atoms with Gasteiger partial charge in [0.15, 0.2) is 0 Å². The van der Waals surface area contributed by atoms with Gasteiger partial charge in [-0.3, -0.25) is 0 Å². The molecule has 5 nitrogen and oxygen atoms in total. The van der Waals surface area contributed by atoms with Crippen molar-refractivity contribution in [1.82, 2.24) is 0 Å². The maximum atomic E-state index is 11.6. The van der Waals surface area contributed by atoms with Crippen LogP contribution in [0.1, 0.15) is 6.42 Å². The molecule has 0 aromatic heterocycles. The molecule has 0 saturated carbocycles. The van der Waals surface area contributed by atoms with Crippen molar-refractivity contribution in [2.75, 3.05) is 34.0 Å². The third-order valence-electron chi connectivity index (χ3n) is 2.10. The van der Waals surface area contributed by atoms with E-state index in [4.69, 9.17) is 18.3 Å². The zero-order chi connectivity index (χ0) is 10.4. The average molecular weight is 221 g/mol. The van der Waals surface area contributed by atoms with E-state index in [9.17, 15) is 4.80 Å². The van der Waals surface area contributed by atoms with Crippen molar-refractivity contribution in [3.63, 3.8) is 0 Å². The van der Waals surface area contributed by atoms with E-state index < -0.39 is 8.80 Å². The third kappa shape index (κ3) is 4.49. The lowest BCUT2D eigenvalue weighted by Gasteiger charge is -2.16. The maximum Gasteiger partial charge on any atom is 0.528 e. The molecule has 0 bridgehead atoms. The molecule has 1 heterocycles. The van der Waals surface area contributed by atoms with E-state index in [0.29, 0.717) is 25.7 Å². The van der Waals surface area contributed by atoms with Gasteiger partial charge in [0.05, 0.1) is 13.2 Å². The molecule has 1 atom stereocenters. The van der Waals surface area contributed by atoms with Crippen LogP contribution in [0, 0.1) is 0 Å². The summed E-state index contributed by atoms with van der Waals surface area (Å²) < 4.78 is 19.9. The van der Waals surface area contributed by atoms with Crippen molar-refractivity contribution in [1.29, 1.82) is 0 Å². The highest BCUT2D eigenvalue weighted by atomic mass is 28.4. The Morgan fingerprint density at radius 3 is 2.57 bits per heavy atom. The van der Waals surface area contributed by atoms with Crippen LogP contribution in [0.25, 0.3) is 0 Å². The van der Waals surface area contributed by atoms with E-state index in [-0.39, 0.29) is 6.10 Å². The molecule has 1 unspecified atom stereocenters. The molecule has 83 valence electrons. The highest BCUT2D eigenvalue weighted by molar-refractivity contribution is 6.58. The van der Waals surface area contributed by atoms with Crippen LogP contribution in [0.15, 0.2) is 0 Å². The fourth-order valence-corrected chi connectivity index (χ4v) is 2.21. The van der Waals surface area contributed by atoms with Gasteiger partial charge in [-0.2, -0.15) is 0 Å². The van der Waals surface area contributed by atoms with Crippen molar-refractivity contribution in [3.05, 3.63) is 0 Å². The lowest BCUT2D eigenvalue weighted by Crippen LogP contribution is -2.38. The Labute approximate surface area is 85.3 Å². The van der Waals surface area contributed by atoms with Crippen molar-refractivity contribution in [2.45, 2.75) is 18.6 Å². The van der Waals surface area contributed by atoms with Crippen LogP contribution >= 0.6 is 0 Å². The lowest BCUT2D eigenvalue weighted by molar-refractivity contribution is 0.0975. The number of rotatable bonds is 8. The first kappa shape index (κ1) is 12.1. The minimum Gasteiger partial charge on any atom is -0.379 e. The van der Waals surface area contributed by atoms with Crippen LogP contribution in [0.5, 0.6) is 0 Å². The first-order valence-corrected chi connectivity index (χ1v) is 6.63. The third-order valence-corrected chi connectivity index (χ3v) is 4.31. The van der Waals surface area contributed by atoms with E-state index in [1.807, 2.05) is 0 Å². The molecule has 1 aliphatic rings. The van der Waals surface area contributed by atoms with Gasteiger partial charge in [0, 0.05) is 26.9 Å². The van der Waals surface area contributed by atoms with E-state index >= 15 is 0 Å². The molecule has 14 heavy (non-hydrogen) atoms. The van der Waals surface area contributed by atoms with Crippen molar-refractivity contribution < 1.29 is 23.1 Å². The second-order valence-electron chi connectivity index (χ2n) is 3.23. The fourth-order valence-electron chi connectivity index (χ4n) is 1.06. The summed E-state index contributed by atoms with van der Waals surface area (Å²) in [5.74, 6) is 0. The molecule has 0 aliphatic carbocycles. The molecule has 0 aromatic carbocycles. The molecule has 0 spiro atoms. The Morgan fingerprint density at radius 1 is 1.43 bits per heavy atom. The van der Waals surface area contributed by atoms with Crippen LogP contribution < -0.4 is 0 Å². The monoisotopic (exact) mass is 221 g/mol. The van der Waals surface area contributed by atoms with Gasteiger partial charge < -0.3 is 18.3 Å². The van der Waals surface area contributed by atoms with E-state index in [1.54, 1.807) is 0 Å². The largest absolute Gasteiger partial charge is 0.528 e. The Morgan fingerprint density at radius 2 is 2.07 bits per heavy atom. The van der Waals surface area contributed by atoms with Gasteiger partial charge in [-0.05, 0) is 6.42 Å². The topological polar surface area (TPSA) is 60.1 Å². The van der Waals surface area contributed by atoms with E-state index in [1.165, 1.54) is 14.2 Å². The minimum atomic E-state index is -3.12. The lowest BCUT2D eigenvalue weighted by atomic mass is 10.5. The summed E-state index contributed by atoms with van der Waals surface area (Å²) in [5, 5.41) is 0. The smallest absolute Gasteiger partial charge is 0.379 e. The predicted octanol–water partition coefficient (Wildman–Crippen LogP) is 0.454. The van der Waals surface area contributed by atoms with Crippen molar-refractivity contribution in [3.8, 4) is 0 Å². The van der Waals surface area contributed by atoms with E-state index in [0.717, 1.165) is 6.61 Å². The number of ether oxygens (including phenoxy) is 2. The molecular weight excluding hydrogens is 204 g/mol. The van der Waals surface area contributed by atoms with Gasteiger partial charge >= 0.3 is 8.80 Å². The molecule has 1 saturated heterocycles. The summed E-state index contributed by atoms with van der Waals surface area (Å²) in [5.41, 5.74) is 0. The van der Waals surface area contributed by atoms with Crippen LogP contribution in [-0.2, 0) is 23.1 Å². The molecular formula is C8H17O5Si. The van der Waals surface area contributed by atoms with Crippen LogP contribution in [-0.4, -0.2) is 48.9 Å². The second-order valence-corrected chi connectivity index (χ2v) is 5.91. The van der Waals surface area contributed by atoms with Gasteiger partial charge in [0.1, 0.15) is 6.10 Å². The zero-order valence-corrected chi connectivity index (χ0v) is 9.65. The molecule has 0 amide bonds. The maximum absolute atomic E-state index is 11.6. The van der Waals surface area contributed by atoms with Gasteiger partial charge in [0.25, 0.3) is 0 Å². The van der Waals surface area contributed by atoms with Crippen molar-refractivity contribution in [2.24, 2.45) is 0 Å². The number of hydrogen-bond donors (Lipinski definition) is 0. The standard InChI is InChI=1S/C8H17O5Si/c1-10-14(9,11-2)5-3-4-12-6-8-7-13-8/h8H,3-7H2,1-2H3. The normalized spacial score (nSPS) is 21.2. The Bertz CT molecular complexity index is 158. The molecule has 6 heteroatoms. The Hall–Kier alpha value is 0.0169. The first-order valence-electron chi connectivity index (χ1n) is 4.70. The van der Waals surface area contributed by atoms with Gasteiger partial charge in [-0.15, -0.1) is 0 Å². The first-order chi connectivity index (χ1) is 6.70. The fraction of sp³-hybridized carbons (Fsp3) is 1.00. The summed E-state index contributed by atoms with van der Waals surface area (Å²) >= 11 is 0. The van der Waals surface area contributed by atoms with E-state index in [2.05, 4.69) is 0 Å². The zero-order valence-electron chi connectivity index (χ0n) is 8.65. The van der Waals surface area contributed by atoms with Gasteiger partial charge in [0.2, 0.25) is 0 Å².